The minimum atomic E-state index is 0.579. The Labute approximate surface area is 173 Å². The largest absolute Gasteiger partial charge is 0.492 e. The molecule has 0 atom stereocenters. The van der Waals surface area contributed by atoms with E-state index in [4.69, 9.17) is 9.47 Å². The molecule has 3 aromatic rings. The zero-order valence-corrected chi connectivity index (χ0v) is 17.8. The number of benzene rings is 2. The molecular formula is C22H24BrN3O2. The summed E-state index contributed by atoms with van der Waals surface area (Å²) in [5.74, 6) is 1.43. The van der Waals surface area contributed by atoms with Crippen molar-refractivity contribution in [3.8, 4) is 22.8 Å². The molecule has 0 spiro atoms. The Morgan fingerprint density at radius 1 is 1.21 bits per heavy atom. The Morgan fingerprint density at radius 3 is 2.79 bits per heavy atom. The molecule has 146 valence electrons. The van der Waals surface area contributed by atoms with E-state index in [9.17, 15) is 0 Å². The van der Waals surface area contributed by atoms with Gasteiger partial charge in [-0.25, -0.2) is 0 Å². The van der Waals surface area contributed by atoms with E-state index in [1.165, 1.54) is 16.8 Å². The molecule has 0 saturated heterocycles. The molecule has 0 bridgehead atoms. The first kappa shape index (κ1) is 19.0. The minimum absolute atomic E-state index is 0.579. The number of nitrogens with zero attached hydrogens (tertiary/aromatic N) is 2. The summed E-state index contributed by atoms with van der Waals surface area (Å²) in [5, 5.41) is 7.88. The van der Waals surface area contributed by atoms with E-state index in [1.807, 2.05) is 19.1 Å². The molecule has 0 saturated carbocycles. The van der Waals surface area contributed by atoms with E-state index in [0.29, 0.717) is 12.4 Å². The third kappa shape index (κ3) is 3.80. The van der Waals surface area contributed by atoms with Gasteiger partial charge in [0.2, 0.25) is 0 Å². The number of nitrogens with one attached hydrogen (secondary N) is 1. The molecule has 1 aromatic heterocycles. The standard InChI is InChI=1S/C22H24BrN3O2/c1-3-28-20-12-16(11-18(23)22(20)27-2)21-17-14-26(10-9-19(17)24-25-21)13-15-7-5-4-6-8-15/h4-8,11-12H,3,9-10,13-14H2,1-2H3,(H,24,25). The summed E-state index contributed by atoms with van der Waals surface area (Å²) in [7, 11) is 1.65. The summed E-state index contributed by atoms with van der Waals surface area (Å²) in [6.07, 6.45) is 0.977. The summed E-state index contributed by atoms with van der Waals surface area (Å²) in [4.78, 5) is 2.47. The van der Waals surface area contributed by atoms with E-state index in [-0.39, 0.29) is 0 Å². The predicted octanol–water partition coefficient (Wildman–Crippen LogP) is 4.80. The van der Waals surface area contributed by atoms with Crippen LogP contribution in [0.4, 0.5) is 0 Å². The second-order valence-corrected chi connectivity index (χ2v) is 7.75. The number of ether oxygens (including phenoxy) is 2. The molecule has 0 fully saturated rings. The van der Waals surface area contributed by atoms with Crippen LogP contribution < -0.4 is 9.47 Å². The van der Waals surface area contributed by atoms with Crippen molar-refractivity contribution in [2.45, 2.75) is 26.4 Å². The Bertz CT molecular complexity index is 956. The lowest BCUT2D eigenvalue weighted by molar-refractivity contribution is 0.245. The number of aromatic nitrogens is 2. The van der Waals surface area contributed by atoms with Crippen molar-refractivity contribution in [3.63, 3.8) is 0 Å². The van der Waals surface area contributed by atoms with Gasteiger partial charge in [0, 0.05) is 42.9 Å². The van der Waals surface area contributed by atoms with Crippen molar-refractivity contribution in [1.29, 1.82) is 0 Å². The summed E-state index contributed by atoms with van der Waals surface area (Å²) in [6, 6.07) is 14.7. The van der Waals surface area contributed by atoms with Crippen LogP contribution in [0.2, 0.25) is 0 Å². The summed E-state index contributed by atoms with van der Waals surface area (Å²) in [5.41, 5.74) is 5.83. The molecule has 0 unspecified atom stereocenters. The van der Waals surface area contributed by atoms with Crippen LogP contribution >= 0.6 is 15.9 Å². The number of hydrogen-bond donors (Lipinski definition) is 1. The second kappa shape index (κ2) is 8.37. The lowest BCUT2D eigenvalue weighted by Gasteiger charge is -2.27. The number of aromatic amines is 1. The third-order valence-corrected chi connectivity index (χ3v) is 5.64. The highest BCUT2D eigenvalue weighted by Gasteiger charge is 2.24. The maximum absolute atomic E-state index is 5.79. The molecule has 5 nitrogen and oxygen atoms in total. The van der Waals surface area contributed by atoms with Crippen LogP contribution in [0.1, 0.15) is 23.7 Å². The fourth-order valence-electron chi connectivity index (χ4n) is 3.73. The number of hydrogen-bond acceptors (Lipinski definition) is 4. The number of fused-ring (bicyclic) bond motifs is 1. The molecule has 1 N–H and O–H groups in total. The van der Waals surface area contributed by atoms with Gasteiger partial charge < -0.3 is 9.47 Å². The van der Waals surface area contributed by atoms with Crippen LogP contribution in [0, 0.1) is 0 Å². The smallest absolute Gasteiger partial charge is 0.174 e. The zero-order chi connectivity index (χ0) is 19.5. The fraction of sp³-hybridized carbons (Fsp3) is 0.318. The van der Waals surface area contributed by atoms with Crippen molar-refractivity contribution < 1.29 is 9.47 Å². The van der Waals surface area contributed by atoms with Crippen molar-refractivity contribution in [2.75, 3.05) is 20.3 Å². The molecule has 2 aromatic carbocycles. The zero-order valence-electron chi connectivity index (χ0n) is 16.2. The molecule has 0 amide bonds. The second-order valence-electron chi connectivity index (χ2n) is 6.90. The van der Waals surface area contributed by atoms with Gasteiger partial charge in [-0.3, -0.25) is 10.00 Å². The van der Waals surface area contributed by atoms with Gasteiger partial charge in [-0.1, -0.05) is 30.3 Å². The monoisotopic (exact) mass is 441 g/mol. The summed E-state index contributed by atoms with van der Waals surface area (Å²) < 4.78 is 12.1. The molecule has 0 radical (unpaired) electrons. The number of rotatable bonds is 6. The van der Waals surface area contributed by atoms with Crippen LogP contribution in [0.3, 0.4) is 0 Å². The molecule has 4 rings (SSSR count). The Hall–Kier alpha value is -2.31. The van der Waals surface area contributed by atoms with Crippen LogP contribution in [0.25, 0.3) is 11.3 Å². The van der Waals surface area contributed by atoms with Crippen LogP contribution in [-0.4, -0.2) is 35.4 Å². The Balaban J connectivity index is 1.64. The average Bonchev–Trinajstić information content (AvgIpc) is 3.12. The molecule has 6 heteroatoms. The maximum Gasteiger partial charge on any atom is 0.174 e. The quantitative estimate of drug-likeness (QED) is 0.596. The fourth-order valence-corrected chi connectivity index (χ4v) is 4.34. The Morgan fingerprint density at radius 2 is 2.04 bits per heavy atom. The maximum atomic E-state index is 5.79. The van der Waals surface area contributed by atoms with Gasteiger partial charge in [-0.2, -0.15) is 5.10 Å². The SMILES string of the molecule is CCOc1cc(-c2n[nH]c3c2CN(Cc2ccccc2)CC3)cc(Br)c1OC. The molecule has 0 aliphatic carbocycles. The van der Waals surface area contributed by atoms with E-state index in [2.05, 4.69) is 61.4 Å². The van der Waals surface area contributed by atoms with Gasteiger partial charge in [0.1, 0.15) is 0 Å². The van der Waals surface area contributed by atoms with Crippen LogP contribution in [0.15, 0.2) is 46.9 Å². The first-order chi connectivity index (χ1) is 13.7. The lowest BCUT2D eigenvalue weighted by atomic mass is 10.00. The van der Waals surface area contributed by atoms with Crippen molar-refractivity contribution in [2.24, 2.45) is 0 Å². The van der Waals surface area contributed by atoms with E-state index >= 15 is 0 Å². The molecule has 2 heterocycles. The van der Waals surface area contributed by atoms with Crippen LogP contribution in [-0.2, 0) is 19.5 Å². The number of halogens is 1. The summed E-state index contributed by atoms with van der Waals surface area (Å²) in [6.45, 7) is 5.40. The van der Waals surface area contributed by atoms with E-state index in [0.717, 1.165) is 47.5 Å². The summed E-state index contributed by atoms with van der Waals surface area (Å²) >= 11 is 3.61. The van der Waals surface area contributed by atoms with Crippen molar-refractivity contribution >= 4 is 15.9 Å². The third-order valence-electron chi connectivity index (χ3n) is 5.05. The highest BCUT2D eigenvalue weighted by molar-refractivity contribution is 9.10. The van der Waals surface area contributed by atoms with Gasteiger partial charge in [0.15, 0.2) is 11.5 Å². The van der Waals surface area contributed by atoms with E-state index < -0.39 is 0 Å². The molecular weight excluding hydrogens is 418 g/mol. The minimum Gasteiger partial charge on any atom is -0.492 e. The number of methoxy groups -OCH3 is 1. The highest BCUT2D eigenvalue weighted by atomic mass is 79.9. The number of H-pyrrole nitrogens is 1. The first-order valence-corrected chi connectivity index (χ1v) is 10.3. The normalized spacial score (nSPS) is 14.0. The van der Waals surface area contributed by atoms with Gasteiger partial charge in [-0.05, 0) is 40.5 Å². The van der Waals surface area contributed by atoms with Gasteiger partial charge in [-0.15, -0.1) is 0 Å². The van der Waals surface area contributed by atoms with Crippen molar-refractivity contribution in [1.82, 2.24) is 15.1 Å². The lowest BCUT2D eigenvalue weighted by Crippen LogP contribution is -2.29. The van der Waals surface area contributed by atoms with Gasteiger partial charge in [0.25, 0.3) is 0 Å². The van der Waals surface area contributed by atoms with Crippen LogP contribution in [0.5, 0.6) is 11.5 Å². The topological polar surface area (TPSA) is 50.4 Å². The van der Waals surface area contributed by atoms with Gasteiger partial charge in [0.05, 0.1) is 23.9 Å². The van der Waals surface area contributed by atoms with Crippen molar-refractivity contribution in [3.05, 3.63) is 63.8 Å². The predicted molar refractivity (Wildman–Crippen MR) is 114 cm³/mol. The average molecular weight is 442 g/mol. The molecule has 1 aliphatic rings. The van der Waals surface area contributed by atoms with Gasteiger partial charge >= 0.3 is 0 Å². The Kier molecular flexibility index (Phi) is 5.69. The van der Waals surface area contributed by atoms with E-state index in [1.54, 1.807) is 7.11 Å². The first-order valence-electron chi connectivity index (χ1n) is 9.52. The molecule has 28 heavy (non-hydrogen) atoms. The molecule has 1 aliphatic heterocycles. The highest BCUT2D eigenvalue weighted by Crippen LogP contribution is 2.40.